The molecule has 2 rings (SSSR count). The van der Waals surface area contributed by atoms with Gasteiger partial charge in [0.15, 0.2) is 0 Å². The molecule has 0 saturated heterocycles. The van der Waals surface area contributed by atoms with E-state index in [1.165, 1.54) is 5.56 Å². The highest BCUT2D eigenvalue weighted by Crippen LogP contribution is 2.27. The molecule has 66 valence electrons. The molecule has 2 heteroatoms. The lowest BCUT2D eigenvalue weighted by atomic mass is 10.1. The monoisotopic (exact) mass is 191 g/mol. The fourth-order valence-corrected chi connectivity index (χ4v) is 1.76. The molecule has 13 heavy (non-hydrogen) atoms. The summed E-state index contributed by atoms with van der Waals surface area (Å²) >= 11 is 6.19. The number of fused-ring (bicyclic) bond motifs is 1. The Kier molecular flexibility index (Phi) is 1.97. The van der Waals surface area contributed by atoms with Crippen LogP contribution in [0, 0.1) is 13.8 Å². The number of aryl methyl sites for hydroxylation is 2. The van der Waals surface area contributed by atoms with Crippen molar-refractivity contribution in [2.45, 2.75) is 13.8 Å². The highest BCUT2D eigenvalue weighted by Gasteiger charge is 2.04. The van der Waals surface area contributed by atoms with Crippen molar-refractivity contribution in [3.63, 3.8) is 0 Å². The Morgan fingerprint density at radius 1 is 1.15 bits per heavy atom. The van der Waals surface area contributed by atoms with Crippen LogP contribution in [0.25, 0.3) is 10.9 Å². The van der Waals surface area contributed by atoms with Gasteiger partial charge in [-0.3, -0.25) is 4.98 Å². The lowest BCUT2D eigenvalue weighted by molar-refractivity contribution is 1.32. The summed E-state index contributed by atoms with van der Waals surface area (Å²) in [7, 11) is 0. The fraction of sp³-hybridized carbons (Fsp3) is 0.182. The fourth-order valence-electron chi connectivity index (χ4n) is 1.47. The highest BCUT2D eigenvalue weighted by molar-refractivity contribution is 6.36. The molecule has 0 aliphatic rings. The summed E-state index contributed by atoms with van der Waals surface area (Å²) in [5.41, 5.74) is 3.18. The Labute approximate surface area is 82.4 Å². The molecule has 1 aromatic carbocycles. The van der Waals surface area contributed by atoms with Crippen LogP contribution in [-0.4, -0.2) is 4.98 Å². The summed E-state index contributed by atoms with van der Waals surface area (Å²) in [6.07, 6.45) is 1.81. The molecule has 0 amide bonds. The molecule has 1 heterocycles. The largest absolute Gasteiger partial charge is 0.256 e. The van der Waals surface area contributed by atoms with Crippen molar-refractivity contribution in [1.29, 1.82) is 0 Å². The van der Waals surface area contributed by atoms with Crippen molar-refractivity contribution in [3.8, 4) is 0 Å². The Bertz CT molecular complexity index is 463. The molecular weight excluding hydrogens is 182 g/mol. The summed E-state index contributed by atoms with van der Waals surface area (Å²) in [5.74, 6) is 0. The van der Waals surface area contributed by atoms with Gasteiger partial charge in [-0.05, 0) is 31.0 Å². The van der Waals surface area contributed by atoms with Gasteiger partial charge in [0.25, 0.3) is 0 Å². The van der Waals surface area contributed by atoms with Crippen molar-refractivity contribution in [1.82, 2.24) is 4.98 Å². The minimum Gasteiger partial charge on any atom is -0.256 e. The van der Waals surface area contributed by atoms with Crippen molar-refractivity contribution in [2.24, 2.45) is 0 Å². The molecule has 1 nitrogen and oxygen atoms in total. The van der Waals surface area contributed by atoms with Crippen LogP contribution in [0.15, 0.2) is 24.4 Å². The van der Waals surface area contributed by atoms with Gasteiger partial charge >= 0.3 is 0 Å². The first-order valence-electron chi connectivity index (χ1n) is 4.20. The van der Waals surface area contributed by atoms with E-state index >= 15 is 0 Å². The maximum Gasteiger partial charge on any atom is 0.0719 e. The number of aromatic nitrogens is 1. The zero-order valence-corrected chi connectivity index (χ0v) is 8.39. The van der Waals surface area contributed by atoms with Gasteiger partial charge in [-0.2, -0.15) is 0 Å². The van der Waals surface area contributed by atoms with Crippen LogP contribution >= 0.6 is 11.6 Å². The maximum atomic E-state index is 6.19. The quantitative estimate of drug-likeness (QED) is 0.621. The Morgan fingerprint density at radius 2 is 1.92 bits per heavy atom. The summed E-state index contributed by atoms with van der Waals surface area (Å²) in [6, 6.07) is 6.03. The van der Waals surface area contributed by atoms with Gasteiger partial charge in [0.1, 0.15) is 0 Å². The van der Waals surface area contributed by atoms with Crippen molar-refractivity contribution in [3.05, 3.63) is 40.5 Å². The van der Waals surface area contributed by atoms with E-state index in [-0.39, 0.29) is 0 Å². The van der Waals surface area contributed by atoms with E-state index in [1.807, 2.05) is 25.3 Å². The number of benzene rings is 1. The smallest absolute Gasteiger partial charge is 0.0719 e. The molecule has 0 aliphatic heterocycles. The van der Waals surface area contributed by atoms with Gasteiger partial charge in [0.2, 0.25) is 0 Å². The lowest BCUT2D eigenvalue weighted by Gasteiger charge is -2.05. The summed E-state index contributed by atoms with van der Waals surface area (Å²) in [4.78, 5) is 4.32. The predicted molar refractivity (Wildman–Crippen MR) is 56.2 cm³/mol. The summed E-state index contributed by atoms with van der Waals surface area (Å²) in [6.45, 7) is 4.02. The van der Waals surface area contributed by atoms with Crippen LogP contribution in [0.2, 0.25) is 5.02 Å². The molecule has 2 aromatic rings. The standard InChI is InChI=1S/C11H10ClN/c1-7-4-3-5-9-10(7)11(12)8(2)6-13-9/h3-6H,1-2H3. The van der Waals surface area contributed by atoms with Crippen LogP contribution < -0.4 is 0 Å². The minimum atomic E-state index is 0.822. The first-order chi connectivity index (χ1) is 6.20. The number of hydrogen-bond donors (Lipinski definition) is 0. The number of nitrogens with zero attached hydrogens (tertiary/aromatic N) is 1. The van der Waals surface area contributed by atoms with Crippen LogP contribution in [-0.2, 0) is 0 Å². The Morgan fingerprint density at radius 3 is 2.69 bits per heavy atom. The maximum absolute atomic E-state index is 6.19. The van der Waals surface area contributed by atoms with E-state index in [0.717, 1.165) is 21.5 Å². The predicted octanol–water partition coefficient (Wildman–Crippen LogP) is 3.51. The van der Waals surface area contributed by atoms with Crippen LogP contribution in [0.4, 0.5) is 0 Å². The van der Waals surface area contributed by atoms with Gasteiger partial charge in [-0.15, -0.1) is 0 Å². The van der Waals surface area contributed by atoms with Gasteiger partial charge in [0, 0.05) is 11.6 Å². The van der Waals surface area contributed by atoms with Gasteiger partial charge < -0.3 is 0 Å². The lowest BCUT2D eigenvalue weighted by Crippen LogP contribution is -1.86. The number of rotatable bonds is 0. The second kappa shape index (κ2) is 3.00. The van der Waals surface area contributed by atoms with E-state index in [0.29, 0.717) is 0 Å². The van der Waals surface area contributed by atoms with Crippen LogP contribution in [0.3, 0.4) is 0 Å². The van der Waals surface area contributed by atoms with Crippen molar-refractivity contribution >= 4 is 22.5 Å². The normalized spacial score (nSPS) is 10.7. The third-order valence-corrected chi connectivity index (χ3v) is 2.70. The van der Waals surface area contributed by atoms with Crippen molar-refractivity contribution < 1.29 is 0 Å². The third kappa shape index (κ3) is 1.29. The second-order valence-corrected chi connectivity index (χ2v) is 3.60. The van der Waals surface area contributed by atoms with E-state index in [9.17, 15) is 0 Å². The van der Waals surface area contributed by atoms with E-state index in [1.54, 1.807) is 0 Å². The number of halogens is 1. The second-order valence-electron chi connectivity index (χ2n) is 3.22. The Hall–Kier alpha value is -1.08. The average Bonchev–Trinajstić information content (AvgIpc) is 2.12. The molecule has 0 unspecified atom stereocenters. The molecule has 0 fully saturated rings. The van der Waals surface area contributed by atoms with E-state index in [2.05, 4.69) is 18.0 Å². The average molecular weight is 192 g/mol. The first-order valence-corrected chi connectivity index (χ1v) is 4.58. The van der Waals surface area contributed by atoms with Gasteiger partial charge in [0.05, 0.1) is 10.5 Å². The zero-order chi connectivity index (χ0) is 9.42. The third-order valence-electron chi connectivity index (χ3n) is 2.21. The van der Waals surface area contributed by atoms with Crippen molar-refractivity contribution in [2.75, 3.05) is 0 Å². The molecular formula is C11H10ClN. The van der Waals surface area contributed by atoms with Crippen LogP contribution in [0.5, 0.6) is 0 Å². The summed E-state index contributed by atoms with van der Waals surface area (Å²) < 4.78 is 0. The highest BCUT2D eigenvalue weighted by atomic mass is 35.5. The molecule has 0 atom stereocenters. The minimum absolute atomic E-state index is 0.822. The molecule has 0 saturated carbocycles. The molecule has 0 N–H and O–H groups in total. The SMILES string of the molecule is Cc1cnc2cccc(C)c2c1Cl. The first kappa shape index (κ1) is 8.52. The number of pyridine rings is 1. The molecule has 0 bridgehead atoms. The molecule has 0 radical (unpaired) electrons. The molecule has 0 aliphatic carbocycles. The van der Waals surface area contributed by atoms with Gasteiger partial charge in [-0.1, -0.05) is 23.7 Å². The van der Waals surface area contributed by atoms with E-state index < -0.39 is 0 Å². The van der Waals surface area contributed by atoms with Gasteiger partial charge in [-0.25, -0.2) is 0 Å². The van der Waals surface area contributed by atoms with Crippen LogP contribution in [0.1, 0.15) is 11.1 Å². The summed E-state index contributed by atoms with van der Waals surface area (Å²) in [5, 5.41) is 1.90. The molecule has 0 spiro atoms. The zero-order valence-electron chi connectivity index (χ0n) is 7.63. The topological polar surface area (TPSA) is 12.9 Å². The molecule has 1 aromatic heterocycles. The van der Waals surface area contributed by atoms with E-state index in [4.69, 9.17) is 11.6 Å². The number of hydrogen-bond acceptors (Lipinski definition) is 1. The Balaban J connectivity index is 2.97.